The second-order valence-corrected chi connectivity index (χ2v) is 8.30. The highest BCUT2D eigenvalue weighted by atomic mass is 16.5. The van der Waals surface area contributed by atoms with E-state index in [1.54, 1.807) is 24.3 Å². The van der Waals surface area contributed by atoms with Crippen LogP contribution >= 0.6 is 0 Å². The number of hydrogen-bond acceptors (Lipinski definition) is 7. The van der Waals surface area contributed by atoms with Crippen molar-refractivity contribution in [1.29, 1.82) is 0 Å². The maximum absolute atomic E-state index is 12.6. The molecule has 0 saturated heterocycles. The fourth-order valence-electron chi connectivity index (χ4n) is 3.93. The van der Waals surface area contributed by atoms with E-state index in [-0.39, 0.29) is 11.9 Å². The Morgan fingerprint density at radius 2 is 1.62 bits per heavy atom. The van der Waals surface area contributed by atoms with Crippen LogP contribution in [-0.2, 0) is 16.1 Å². The van der Waals surface area contributed by atoms with Crippen molar-refractivity contribution in [3.05, 3.63) is 95.6 Å². The van der Waals surface area contributed by atoms with Crippen molar-refractivity contribution in [3.8, 4) is 22.8 Å². The molecule has 1 heterocycles. The second kappa shape index (κ2) is 9.80. The van der Waals surface area contributed by atoms with E-state index in [1.807, 2.05) is 54.6 Å². The Morgan fingerprint density at radius 1 is 0.941 bits per heavy atom. The largest absolute Gasteiger partial charge is 0.464 e. The summed E-state index contributed by atoms with van der Waals surface area (Å²) in [6.07, 6.45) is 1.75. The summed E-state index contributed by atoms with van der Waals surface area (Å²) in [7, 11) is 0. The number of rotatable bonds is 9. The van der Waals surface area contributed by atoms with Gasteiger partial charge in [0.25, 0.3) is 12.4 Å². The Kier molecular flexibility index (Phi) is 6.27. The molecule has 4 aromatic rings. The highest BCUT2D eigenvalue weighted by Crippen LogP contribution is 2.25. The third kappa shape index (κ3) is 4.79. The molecule has 7 heteroatoms. The molecule has 0 amide bonds. The predicted molar refractivity (Wildman–Crippen MR) is 126 cm³/mol. The van der Waals surface area contributed by atoms with Crippen LogP contribution in [0, 0.1) is 0 Å². The molecule has 0 spiro atoms. The molecular weight excluding hydrogens is 430 g/mol. The average Bonchev–Trinajstić information content (AvgIpc) is 3.36. The minimum atomic E-state index is -0.0284. The molecule has 0 radical (unpaired) electrons. The van der Waals surface area contributed by atoms with Crippen LogP contribution in [0.2, 0.25) is 0 Å². The maximum Gasteiger partial charge on any atom is 0.293 e. The maximum atomic E-state index is 12.6. The average molecular weight is 453 g/mol. The van der Waals surface area contributed by atoms with E-state index < -0.39 is 0 Å². The predicted octanol–water partition coefficient (Wildman–Crippen LogP) is 4.43. The van der Waals surface area contributed by atoms with Gasteiger partial charge in [0.05, 0.1) is 0 Å². The Bertz CT molecular complexity index is 1260. The molecule has 1 aromatic heterocycles. The zero-order chi connectivity index (χ0) is 23.3. The van der Waals surface area contributed by atoms with Gasteiger partial charge in [0, 0.05) is 34.8 Å². The van der Waals surface area contributed by atoms with Crippen molar-refractivity contribution in [2.24, 2.45) is 0 Å². The van der Waals surface area contributed by atoms with Gasteiger partial charge in [0.2, 0.25) is 5.82 Å². The van der Waals surface area contributed by atoms with Crippen molar-refractivity contribution in [2.75, 3.05) is 0 Å². The van der Waals surface area contributed by atoms with Crippen molar-refractivity contribution in [1.82, 2.24) is 15.5 Å². The molecule has 1 N–H and O–H groups in total. The zero-order valence-corrected chi connectivity index (χ0v) is 18.4. The Balaban J connectivity index is 1.20. The first-order valence-electron chi connectivity index (χ1n) is 11.2. The minimum Gasteiger partial charge on any atom is -0.464 e. The summed E-state index contributed by atoms with van der Waals surface area (Å²) in [4.78, 5) is 27.4. The van der Waals surface area contributed by atoms with E-state index in [1.165, 1.54) is 0 Å². The van der Waals surface area contributed by atoms with Gasteiger partial charge in [-0.25, -0.2) is 0 Å². The third-order valence-corrected chi connectivity index (χ3v) is 6.01. The number of carbonyl (C=O) groups excluding carboxylic acids is 2. The number of carbonyl (C=O) groups is 2. The molecule has 5 rings (SSSR count). The molecule has 3 aromatic carbocycles. The number of ether oxygens (including phenoxy) is 1. The molecule has 1 fully saturated rings. The van der Waals surface area contributed by atoms with Gasteiger partial charge < -0.3 is 14.6 Å². The second-order valence-electron chi connectivity index (χ2n) is 8.30. The van der Waals surface area contributed by atoms with Crippen LogP contribution in [0.4, 0.5) is 0 Å². The van der Waals surface area contributed by atoms with Gasteiger partial charge in [-0.05, 0) is 30.5 Å². The summed E-state index contributed by atoms with van der Waals surface area (Å²) in [5.41, 5.74) is 4.01. The van der Waals surface area contributed by atoms with Gasteiger partial charge in [0.15, 0.2) is 5.78 Å². The van der Waals surface area contributed by atoms with E-state index in [4.69, 9.17) is 9.26 Å². The molecule has 1 aliphatic carbocycles. The molecule has 34 heavy (non-hydrogen) atoms. The zero-order valence-electron chi connectivity index (χ0n) is 18.4. The third-order valence-electron chi connectivity index (χ3n) is 6.01. The van der Waals surface area contributed by atoms with Gasteiger partial charge >= 0.3 is 0 Å². The molecule has 1 saturated carbocycles. The van der Waals surface area contributed by atoms with Crippen molar-refractivity contribution in [3.63, 3.8) is 0 Å². The first kappa shape index (κ1) is 21.7. The fourth-order valence-corrected chi connectivity index (χ4v) is 3.93. The summed E-state index contributed by atoms with van der Waals surface area (Å²) in [5.74, 6) is 0.877. The summed E-state index contributed by atoms with van der Waals surface area (Å²) < 4.78 is 10.4. The molecule has 0 atom stereocenters. The summed E-state index contributed by atoms with van der Waals surface area (Å²) in [6.45, 7) is 1.26. The standard InChI is InChI=1S/C27H23N3O4/c31-17-33-24-14-23(15-24)28-16-18-6-8-21(9-7-18)26-29-27(34-30-26)22-12-10-20(11-13-22)25(32)19-4-2-1-3-5-19/h1-13,17,23-24,28H,14-16H2. The summed E-state index contributed by atoms with van der Waals surface area (Å²) >= 11 is 0. The number of nitrogens with zero attached hydrogens (tertiary/aromatic N) is 2. The fraction of sp³-hybridized carbons (Fsp3) is 0.185. The highest BCUT2D eigenvalue weighted by Gasteiger charge is 2.29. The van der Waals surface area contributed by atoms with E-state index in [9.17, 15) is 9.59 Å². The van der Waals surface area contributed by atoms with Crippen LogP contribution in [0.25, 0.3) is 22.8 Å². The van der Waals surface area contributed by atoms with Gasteiger partial charge in [-0.3, -0.25) is 9.59 Å². The first-order chi connectivity index (χ1) is 16.7. The summed E-state index contributed by atoms with van der Waals surface area (Å²) in [6, 6.07) is 24.7. The van der Waals surface area contributed by atoms with Crippen molar-refractivity contribution >= 4 is 12.3 Å². The molecule has 170 valence electrons. The normalized spacial score (nSPS) is 17.1. The van der Waals surface area contributed by atoms with Crippen molar-refractivity contribution in [2.45, 2.75) is 31.5 Å². The lowest BCUT2D eigenvalue weighted by molar-refractivity contribution is -0.138. The number of ketones is 1. The Labute approximate surface area is 196 Å². The smallest absolute Gasteiger partial charge is 0.293 e. The van der Waals surface area contributed by atoms with Crippen LogP contribution in [0.3, 0.4) is 0 Å². The van der Waals surface area contributed by atoms with Crippen LogP contribution in [0.5, 0.6) is 0 Å². The molecular formula is C27H23N3O4. The quantitative estimate of drug-likeness (QED) is 0.296. The van der Waals surface area contributed by atoms with Crippen LogP contribution in [-0.4, -0.2) is 34.5 Å². The monoisotopic (exact) mass is 453 g/mol. The number of hydrogen-bond donors (Lipinski definition) is 1. The van der Waals surface area contributed by atoms with E-state index in [0.29, 0.717) is 35.4 Å². The topological polar surface area (TPSA) is 94.3 Å². The highest BCUT2D eigenvalue weighted by molar-refractivity contribution is 6.09. The number of benzene rings is 3. The van der Waals surface area contributed by atoms with Crippen LogP contribution in [0.15, 0.2) is 83.4 Å². The molecule has 0 bridgehead atoms. The molecule has 1 aliphatic rings. The van der Waals surface area contributed by atoms with E-state index in [2.05, 4.69) is 15.5 Å². The van der Waals surface area contributed by atoms with Gasteiger partial charge in [-0.1, -0.05) is 71.9 Å². The van der Waals surface area contributed by atoms with Gasteiger partial charge in [-0.2, -0.15) is 4.98 Å². The van der Waals surface area contributed by atoms with Gasteiger partial charge in [-0.15, -0.1) is 0 Å². The molecule has 0 unspecified atom stereocenters. The Morgan fingerprint density at radius 3 is 2.32 bits per heavy atom. The van der Waals surface area contributed by atoms with Crippen molar-refractivity contribution < 1.29 is 18.8 Å². The van der Waals surface area contributed by atoms with Crippen LogP contribution in [0.1, 0.15) is 34.3 Å². The number of aromatic nitrogens is 2. The number of nitrogens with one attached hydrogen (secondary N) is 1. The lowest BCUT2D eigenvalue weighted by Crippen LogP contribution is -2.44. The lowest BCUT2D eigenvalue weighted by Gasteiger charge is -2.34. The van der Waals surface area contributed by atoms with Gasteiger partial charge in [0.1, 0.15) is 6.10 Å². The molecule has 7 nitrogen and oxygen atoms in total. The Hall–Kier alpha value is -4.10. The van der Waals surface area contributed by atoms with E-state index >= 15 is 0 Å². The first-order valence-corrected chi connectivity index (χ1v) is 11.2. The minimum absolute atomic E-state index is 0.0284. The SMILES string of the molecule is O=COC1CC(NCc2ccc(-c3noc(-c4ccc(C(=O)c5ccccc5)cc4)n3)cc2)C1. The lowest BCUT2D eigenvalue weighted by atomic mass is 9.89. The van der Waals surface area contributed by atoms with Crippen LogP contribution < -0.4 is 5.32 Å². The van der Waals surface area contributed by atoms with E-state index in [0.717, 1.165) is 36.1 Å². The molecule has 0 aliphatic heterocycles. The summed E-state index contributed by atoms with van der Waals surface area (Å²) in [5, 5.41) is 7.57.